The summed E-state index contributed by atoms with van der Waals surface area (Å²) in [5.74, 6) is 0.368. The highest BCUT2D eigenvalue weighted by Gasteiger charge is 2.18. The maximum atomic E-state index is 12.0. The maximum Gasteiger partial charge on any atom is 0.193 e. The van der Waals surface area contributed by atoms with Gasteiger partial charge < -0.3 is 14.9 Å². The van der Waals surface area contributed by atoms with E-state index >= 15 is 0 Å². The van der Waals surface area contributed by atoms with Gasteiger partial charge in [-0.25, -0.2) is 0 Å². The van der Waals surface area contributed by atoms with Crippen molar-refractivity contribution in [1.29, 1.82) is 0 Å². The van der Waals surface area contributed by atoms with E-state index < -0.39 is 18.5 Å². The highest BCUT2D eigenvalue weighted by atomic mass is 35.5. The van der Waals surface area contributed by atoms with Gasteiger partial charge in [0.2, 0.25) is 0 Å². The van der Waals surface area contributed by atoms with Crippen LogP contribution < -0.4 is 4.74 Å². The number of aliphatic hydroxyl groups excluding tert-OH is 2. The van der Waals surface area contributed by atoms with E-state index in [1.165, 1.54) is 12.8 Å². The van der Waals surface area contributed by atoms with E-state index in [4.69, 9.17) is 21.4 Å². The molecule has 0 radical (unpaired) electrons. The third kappa shape index (κ3) is 4.64. The molecule has 0 aliphatic heterocycles. The molecule has 0 saturated heterocycles. The zero-order valence-electron chi connectivity index (χ0n) is 14.5. The lowest BCUT2D eigenvalue weighted by Crippen LogP contribution is -2.24. The molecule has 0 bridgehead atoms. The fourth-order valence-electron chi connectivity index (χ4n) is 3.24. The van der Waals surface area contributed by atoms with Crippen LogP contribution in [-0.2, 0) is 6.42 Å². The predicted octanol–water partition coefficient (Wildman–Crippen LogP) is 3.79. The van der Waals surface area contributed by atoms with Gasteiger partial charge in [0.1, 0.15) is 11.9 Å². The fraction of sp³-hybridized carbons (Fsp3) is 0.381. The van der Waals surface area contributed by atoms with E-state index in [0.29, 0.717) is 23.1 Å². The van der Waals surface area contributed by atoms with Crippen LogP contribution in [0, 0.1) is 0 Å². The van der Waals surface area contributed by atoms with Crippen molar-refractivity contribution in [2.24, 2.45) is 0 Å². The average Bonchev–Trinajstić information content (AvgIpc) is 3.17. The van der Waals surface area contributed by atoms with E-state index in [-0.39, 0.29) is 0 Å². The standard InChI is InChI=1S/C21H23ClO4/c22-19-10-7-15(21(25)20(24)13-23)12-16(19)11-14-5-8-18(9-6-14)26-17-3-1-2-4-17/h5-10,12,17,20,23-24H,1-4,11,13H2. The van der Waals surface area contributed by atoms with Gasteiger partial charge in [-0.3, -0.25) is 4.79 Å². The van der Waals surface area contributed by atoms with Crippen LogP contribution in [0.3, 0.4) is 0 Å². The molecule has 3 rings (SSSR count). The molecule has 0 amide bonds. The smallest absolute Gasteiger partial charge is 0.193 e. The molecule has 5 heteroatoms. The molecule has 138 valence electrons. The van der Waals surface area contributed by atoms with E-state index in [2.05, 4.69) is 0 Å². The van der Waals surface area contributed by atoms with Crippen molar-refractivity contribution in [3.63, 3.8) is 0 Å². The Morgan fingerprint density at radius 3 is 2.50 bits per heavy atom. The molecule has 1 aliphatic rings. The van der Waals surface area contributed by atoms with Gasteiger partial charge in [0.25, 0.3) is 0 Å². The Morgan fingerprint density at radius 2 is 1.85 bits per heavy atom. The number of halogens is 1. The molecule has 0 aromatic heterocycles. The number of ketones is 1. The fourth-order valence-corrected chi connectivity index (χ4v) is 3.43. The topological polar surface area (TPSA) is 66.8 Å². The molecular formula is C21H23ClO4. The van der Waals surface area contributed by atoms with Crippen LogP contribution in [0.4, 0.5) is 0 Å². The molecule has 0 spiro atoms. The highest BCUT2D eigenvalue weighted by Crippen LogP contribution is 2.26. The lowest BCUT2D eigenvalue weighted by atomic mass is 9.99. The molecule has 1 unspecified atom stereocenters. The van der Waals surface area contributed by atoms with Crippen LogP contribution in [0.5, 0.6) is 5.75 Å². The van der Waals surface area contributed by atoms with E-state index in [9.17, 15) is 9.90 Å². The Balaban J connectivity index is 1.70. The molecule has 0 heterocycles. The van der Waals surface area contributed by atoms with Gasteiger partial charge in [-0.05, 0) is 73.6 Å². The van der Waals surface area contributed by atoms with Crippen molar-refractivity contribution in [3.8, 4) is 5.75 Å². The summed E-state index contributed by atoms with van der Waals surface area (Å²) in [5.41, 5.74) is 2.19. The Hall–Kier alpha value is -1.88. The van der Waals surface area contributed by atoms with E-state index in [1.54, 1.807) is 18.2 Å². The van der Waals surface area contributed by atoms with Gasteiger partial charge in [-0.15, -0.1) is 0 Å². The number of benzene rings is 2. The minimum Gasteiger partial charge on any atom is -0.490 e. The Bertz CT molecular complexity index is 751. The molecule has 4 nitrogen and oxygen atoms in total. The molecule has 2 aromatic rings. The first-order valence-corrected chi connectivity index (χ1v) is 9.32. The van der Waals surface area contributed by atoms with Crippen LogP contribution in [0.15, 0.2) is 42.5 Å². The maximum absolute atomic E-state index is 12.0. The second-order valence-electron chi connectivity index (χ2n) is 6.71. The van der Waals surface area contributed by atoms with Crippen LogP contribution in [0.1, 0.15) is 47.2 Å². The van der Waals surface area contributed by atoms with Crippen molar-refractivity contribution in [2.75, 3.05) is 6.61 Å². The lowest BCUT2D eigenvalue weighted by Gasteiger charge is -2.14. The first-order valence-electron chi connectivity index (χ1n) is 8.94. The molecular weight excluding hydrogens is 352 g/mol. The SMILES string of the molecule is O=C(c1ccc(Cl)c(Cc2ccc(OC3CCCC3)cc2)c1)C(O)CO. The first kappa shape index (κ1) is 18.9. The molecule has 1 atom stereocenters. The van der Waals surface area contributed by atoms with Gasteiger partial charge in [0.05, 0.1) is 12.7 Å². The van der Waals surface area contributed by atoms with Crippen LogP contribution in [0.25, 0.3) is 0 Å². The van der Waals surface area contributed by atoms with Gasteiger partial charge in [-0.2, -0.15) is 0 Å². The molecule has 2 N–H and O–H groups in total. The van der Waals surface area contributed by atoms with Crippen LogP contribution in [0.2, 0.25) is 5.02 Å². The summed E-state index contributed by atoms with van der Waals surface area (Å²) in [5, 5.41) is 19.0. The van der Waals surface area contributed by atoms with Crippen molar-refractivity contribution in [1.82, 2.24) is 0 Å². The van der Waals surface area contributed by atoms with Gasteiger partial charge in [0.15, 0.2) is 5.78 Å². The highest BCUT2D eigenvalue weighted by molar-refractivity contribution is 6.31. The summed E-state index contributed by atoms with van der Waals surface area (Å²) in [6.07, 6.45) is 4.21. The normalized spacial score (nSPS) is 15.8. The molecule has 26 heavy (non-hydrogen) atoms. The number of Topliss-reactive ketones (excluding diaryl/α,β-unsaturated/α-hetero) is 1. The number of hydrogen-bond acceptors (Lipinski definition) is 4. The number of carbonyl (C=O) groups is 1. The number of ether oxygens (including phenoxy) is 1. The Kier molecular flexibility index (Phi) is 6.30. The molecule has 1 saturated carbocycles. The minimum absolute atomic E-state index is 0.330. The van der Waals surface area contributed by atoms with Crippen molar-refractivity contribution in [3.05, 3.63) is 64.2 Å². The van der Waals surface area contributed by atoms with Gasteiger partial charge >= 0.3 is 0 Å². The second-order valence-corrected chi connectivity index (χ2v) is 7.12. The van der Waals surface area contributed by atoms with Crippen molar-refractivity contribution in [2.45, 2.75) is 44.3 Å². The minimum atomic E-state index is -1.41. The number of aliphatic hydroxyl groups is 2. The monoisotopic (exact) mass is 374 g/mol. The van der Waals surface area contributed by atoms with Gasteiger partial charge in [0, 0.05) is 10.6 Å². The third-order valence-corrected chi connectivity index (χ3v) is 5.10. The van der Waals surface area contributed by atoms with E-state index in [0.717, 1.165) is 29.7 Å². The first-order chi connectivity index (χ1) is 12.6. The van der Waals surface area contributed by atoms with E-state index in [1.807, 2.05) is 24.3 Å². The number of carbonyl (C=O) groups excluding carboxylic acids is 1. The summed E-state index contributed by atoms with van der Waals surface area (Å²) >= 11 is 6.26. The zero-order chi connectivity index (χ0) is 18.5. The molecule has 2 aromatic carbocycles. The van der Waals surface area contributed by atoms with Crippen LogP contribution in [-0.4, -0.2) is 34.8 Å². The summed E-state index contributed by atoms with van der Waals surface area (Å²) in [6, 6.07) is 12.8. The van der Waals surface area contributed by atoms with Crippen LogP contribution >= 0.6 is 11.6 Å². The Morgan fingerprint density at radius 1 is 1.15 bits per heavy atom. The summed E-state index contributed by atoms with van der Waals surface area (Å²) in [7, 11) is 0. The number of rotatable bonds is 7. The summed E-state index contributed by atoms with van der Waals surface area (Å²) < 4.78 is 5.97. The zero-order valence-corrected chi connectivity index (χ0v) is 15.3. The second kappa shape index (κ2) is 8.67. The molecule has 1 aliphatic carbocycles. The third-order valence-electron chi connectivity index (χ3n) is 4.73. The molecule has 1 fully saturated rings. The summed E-state index contributed by atoms with van der Waals surface area (Å²) in [6.45, 7) is -0.598. The summed E-state index contributed by atoms with van der Waals surface area (Å²) in [4.78, 5) is 12.0. The largest absolute Gasteiger partial charge is 0.490 e. The quantitative estimate of drug-likeness (QED) is 0.723. The lowest BCUT2D eigenvalue weighted by molar-refractivity contribution is 0.0587. The van der Waals surface area contributed by atoms with Crippen molar-refractivity contribution >= 4 is 17.4 Å². The Labute approximate surface area is 158 Å². The average molecular weight is 375 g/mol. The van der Waals surface area contributed by atoms with Crippen molar-refractivity contribution < 1.29 is 19.7 Å². The predicted molar refractivity (Wildman–Crippen MR) is 101 cm³/mol. The van der Waals surface area contributed by atoms with Gasteiger partial charge in [-0.1, -0.05) is 23.7 Å². The number of hydrogen-bond donors (Lipinski definition) is 2.